The SMILES string of the molecule is CCC(NC(=O)CCc1nc2cc(S(=O)(=O)N(CC)CC)ccc2n1C)C(C)C. The van der Waals surface area contributed by atoms with Gasteiger partial charge in [-0.1, -0.05) is 34.6 Å². The molecule has 0 radical (unpaired) electrons. The molecule has 0 saturated heterocycles. The van der Waals surface area contributed by atoms with Gasteiger partial charge in [-0.3, -0.25) is 4.79 Å². The first kappa shape index (κ1) is 23.3. The van der Waals surface area contributed by atoms with Crippen LogP contribution >= 0.6 is 0 Å². The predicted octanol–water partition coefficient (Wildman–Crippen LogP) is 3.09. The van der Waals surface area contributed by atoms with Gasteiger partial charge in [0.05, 0.1) is 15.9 Å². The van der Waals surface area contributed by atoms with Crippen LogP contribution in [0.5, 0.6) is 0 Å². The summed E-state index contributed by atoms with van der Waals surface area (Å²) in [5.74, 6) is 1.18. The highest BCUT2D eigenvalue weighted by atomic mass is 32.2. The molecule has 0 spiro atoms. The Bertz CT molecular complexity index is 946. The van der Waals surface area contributed by atoms with Crippen LogP contribution in [0.1, 0.15) is 53.3 Å². The maximum atomic E-state index is 12.8. The fourth-order valence-corrected chi connectivity index (χ4v) is 5.05. The number of imidazole rings is 1. The smallest absolute Gasteiger partial charge is 0.243 e. The van der Waals surface area contributed by atoms with E-state index in [0.717, 1.165) is 17.8 Å². The Labute approximate surface area is 174 Å². The minimum atomic E-state index is -3.53. The van der Waals surface area contributed by atoms with Crippen molar-refractivity contribution in [1.82, 2.24) is 19.2 Å². The van der Waals surface area contributed by atoms with Crippen molar-refractivity contribution in [2.45, 2.75) is 64.8 Å². The Hall–Kier alpha value is -1.93. The molecule has 7 nitrogen and oxygen atoms in total. The molecular formula is C21H34N4O3S. The van der Waals surface area contributed by atoms with E-state index in [4.69, 9.17) is 0 Å². The number of aryl methyl sites for hydroxylation is 2. The van der Waals surface area contributed by atoms with Gasteiger partial charge in [-0.15, -0.1) is 0 Å². The molecule has 0 aliphatic carbocycles. The Balaban J connectivity index is 2.20. The monoisotopic (exact) mass is 422 g/mol. The number of nitrogens with one attached hydrogen (secondary N) is 1. The topological polar surface area (TPSA) is 84.3 Å². The van der Waals surface area contributed by atoms with Crippen LogP contribution in [0, 0.1) is 5.92 Å². The van der Waals surface area contributed by atoms with Gasteiger partial charge in [0.25, 0.3) is 0 Å². The molecule has 1 N–H and O–H groups in total. The summed E-state index contributed by atoms with van der Waals surface area (Å²) in [4.78, 5) is 17.2. The number of sulfonamides is 1. The lowest BCUT2D eigenvalue weighted by Crippen LogP contribution is -2.38. The number of amides is 1. The number of carbonyl (C=O) groups excluding carboxylic acids is 1. The molecule has 1 unspecified atom stereocenters. The summed E-state index contributed by atoms with van der Waals surface area (Å²) in [6.45, 7) is 10.8. The number of carbonyl (C=O) groups is 1. The number of benzene rings is 1. The molecule has 1 heterocycles. The molecule has 2 rings (SSSR count). The third-order valence-corrected chi connectivity index (χ3v) is 7.50. The summed E-state index contributed by atoms with van der Waals surface area (Å²) in [6.07, 6.45) is 1.76. The van der Waals surface area contributed by atoms with E-state index in [1.165, 1.54) is 4.31 Å². The Morgan fingerprint density at radius 2 is 1.86 bits per heavy atom. The van der Waals surface area contributed by atoms with Crippen LogP contribution in [0.4, 0.5) is 0 Å². The van der Waals surface area contributed by atoms with Crippen LogP contribution < -0.4 is 5.32 Å². The standard InChI is InChI=1S/C21H34N4O3S/c1-7-17(15(4)5)23-21(26)13-12-20-22-18-14-16(10-11-19(18)24(20)6)29(27,28)25(8-2)9-3/h10-11,14-15,17H,7-9,12-13H2,1-6H3,(H,23,26). The van der Waals surface area contributed by atoms with Gasteiger partial charge in [-0.25, -0.2) is 13.4 Å². The second-order valence-electron chi connectivity index (χ2n) is 7.65. The van der Waals surface area contributed by atoms with E-state index in [0.29, 0.717) is 37.4 Å². The van der Waals surface area contributed by atoms with Crippen molar-refractivity contribution in [3.05, 3.63) is 24.0 Å². The molecule has 1 amide bonds. The van der Waals surface area contributed by atoms with Gasteiger partial charge < -0.3 is 9.88 Å². The minimum absolute atomic E-state index is 0.0161. The molecule has 162 valence electrons. The molecule has 1 aromatic heterocycles. The lowest BCUT2D eigenvalue weighted by molar-refractivity contribution is -0.122. The number of hydrogen-bond donors (Lipinski definition) is 1. The zero-order valence-electron chi connectivity index (χ0n) is 18.4. The van der Waals surface area contributed by atoms with Crippen molar-refractivity contribution in [3.8, 4) is 0 Å². The predicted molar refractivity (Wildman–Crippen MR) is 116 cm³/mol. The summed E-state index contributed by atoms with van der Waals surface area (Å²) in [6, 6.07) is 5.21. The van der Waals surface area contributed by atoms with Crippen LogP contribution in [0.15, 0.2) is 23.1 Å². The zero-order valence-corrected chi connectivity index (χ0v) is 19.2. The number of hydrogen-bond acceptors (Lipinski definition) is 4. The average Bonchev–Trinajstić information content (AvgIpc) is 3.00. The first-order chi connectivity index (χ1) is 13.6. The van der Waals surface area contributed by atoms with Crippen LogP contribution in [0.2, 0.25) is 0 Å². The van der Waals surface area contributed by atoms with E-state index in [2.05, 4.69) is 31.1 Å². The Morgan fingerprint density at radius 1 is 1.21 bits per heavy atom. The molecule has 1 aromatic carbocycles. The number of fused-ring (bicyclic) bond motifs is 1. The molecule has 0 saturated carbocycles. The second kappa shape index (κ2) is 9.71. The van der Waals surface area contributed by atoms with Crippen molar-refractivity contribution < 1.29 is 13.2 Å². The highest BCUT2D eigenvalue weighted by Gasteiger charge is 2.23. The maximum Gasteiger partial charge on any atom is 0.243 e. The first-order valence-electron chi connectivity index (χ1n) is 10.4. The molecule has 0 aliphatic rings. The van der Waals surface area contributed by atoms with Gasteiger partial charge in [0.15, 0.2) is 0 Å². The van der Waals surface area contributed by atoms with Crippen LogP contribution in [-0.4, -0.2) is 47.3 Å². The summed E-state index contributed by atoms with van der Waals surface area (Å²) < 4.78 is 28.9. The molecule has 0 bridgehead atoms. The second-order valence-corrected chi connectivity index (χ2v) is 9.59. The number of aromatic nitrogens is 2. The van der Waals surface area contributed by atoms with Crippen molar-refractivity contribution in [3.63, 3.8) is 0 Å². The van der Waals surface area contributed by atoms with Crippen LogP contribution in [-0.2, 0) is 28.3 Å². The molecule has 0 aliphatic heterocycles. The highest BCUT2D eigenvalue weighted by Crippen LogP contribution is 2.22. The molecule has 1 atom stereocenters. The van der Waals surface area contributed by atoms with E-state index in [9.17, 15) is 13.2 Å². The first-order valence-corrected chi connectivity index (χ1v) is 11.8. The zero-order chi connectivity index (χ0) is 21.8. The summed E-state index contributed by atoms with van der Waals surface area (Å²) in [7, 11) is -1.63. The van der Waals surface area contributed by atoms with E-state index >= 15 is 0 Å². The molecule has 2 aromatic rings. The van der Waals surface area contributed by atoms with Crippen molar-refractivity contribution in [2.75, 3.05) is 13.1 Å². The van der Waals surface area contributed by atoms with Gasteiger partial charge in [-0.05, 0) is 30.5 Å². The Morgan fingerprint density at radius 3 is 2.41 bits per heavy atom. The van der Waals surface area contributed by atoms with Gasteiger partial charge in [0.2, 0.25) is 15.9 Å². The largest absolute Gasteiger partial charge is 0.353 e. The lowest BCUT2D eigenvalue weighted by atomic mass is 10.0. The molecule has 29 heavy (non-hydrogen) atoms. The van der Waals surface area contributed by atoms with E-state index < -0.39 is 10.0 Å². The molecule has 0 fully saturated rings. The maximum absolute atomic E-state index is 12.8. The third-order valence-electron chi connectivity index (χ3n) is 5.45. The van der Waals surface area contributed by atoms with Gasteiger partial charge in [0, 0.05) is 39.0 Å². The molecule has 8 heteroatoms. The van der Waals surface area contributed by atoms with Gasteiger partial charge >= 0.3 is 0 Å². The molecular weight excluding hydrogens is 388 g/mol. The van der Waals surface area contributed by atoms with Gasteiger partial charge in [-0.2, -0.15) is 4.31 Å². The van der Waals surface area contributed by atoms with Crippen LogP contribution in [0.25, 0.3) is 11.0 Å². The highest BCUT2D eigenvalue weighted by molar-refractivity contribution is 7.89. The van der Waals surface area contributed by atoms with Crippen molar-refractivity contribution >= 4 is 27.0 Å². The minimum Gasteiger partial charge on any atom is -0.353 e. The van der Waals surface area contributed by atoms with E-state index in [1.54, 1.807) is 18.2 Å². The average molecular weight is 423 g/mol. The quantitative estimate of drug-likeness (QED) is 0.638. The van der Waals surface area contributed by atoms with Crippen LogP contribution in [0.3, 0.4) is 0 Å². The number of nitrogens with zero attached hydrogens (tertiary/aromatic N) is 3. The summed E-state index contributed by atoms with van der Waals surface area (Å²) >= 11 is 0. The lowest BCUT2D eigenvalue weighted by Gasteiger charge is -2.20. The summed E-state index contributed by atoms with van der Waals surface area (Å²) in [5, 5.41) is 3.08. The van der Waals surface area contributed by atoms with E-state index in [1.807, 2.05) is 25.5 Å². The number of rotatable bonds is 10. The third kappa shape index (κ3) is 5.17. The van der Waals surface area contributed by atoms with Gasteiger partial charge in [0.1, 0.15) is 5.82 Å². The fourth-order valence-electron chi connectivity index (χ4n) is 3.57. The summed E-state index contributed by atoms with van der Waals surface area (Å²) in [5.41, 5.74) is 1.48. The van der Waals surface area contributed by atoms with E-state index in [-0.39, 0.29) is 16.8 Å². The Kier molecular flexibility index (Phi) is 7.82. The normalized spacial score (nSPS) is 13.4. The van der Waals surface area contributed by atoms with Crippen molar-refractivity contribution in [1.29, 1.82) is 0 Å². The fraction of sp³-hybridized carbons (Fsp3) is 0.619. The van der Waals surface area contributed by atoms with Crippen molar-refractivity contribution in [2.24, 2.45) is 13.0 Å².